The van der Waals surface area contributed by atoms with Gasteiger partial charge in [-0.05, 0) is 27.2 Å². The molecule has 0 aromatic heterocycles. The van der Waals surface area contributed by atoms with Gasteiger partial charge in [0, 0.05) is 6.42 Å². The Balaban J connectivity index is 4.45. The van der Waals surface area contributed by atoms with Gasteiger partial charge in [0.2, 0.25) is 17.7 Å². The number of aliphatic carboxylic acids is 2. The van der Waals surface area contributed by atoms with Crippen molar-refractivity contribution in [2.75, 3.05) is 0 Å². The summed E-state index contributed by atoms with van der Waals surface area (Å²) in [7, 11) is 0. The second-order valence-corrected chi connectivity index (χ2v) is 5.57. The van der Waals surface area contributed by atoms with E-state index in [1.807, 2.05) is 0 Å². The highest BCUT2D eigenvalue weighted by atomic mass is 16.4. The summed E-state index contributed by atoms with van der Waals surface area (Å²) >= 11 is 0. The highest BCUT2D eigenvalue weighted by Crippen LogP contribution is 1.96. The van der Waals surface area contributed by atoms with Crippen LogP contribution in [0.4, 0.5) is 0 Å². The summed E-state index contributed by atoms with van der Waals surface area (Å²) < 4.78 is 0. The van der Waals surface area contributed by atoms with Crippen LogP contribution in [-0.4, -0.2) is 64.0 Å². The number of carbonyl (C=O) groups is 5. The molecule has 0 aromatic carbocycles. The molecule has 4 atom stereocenters. The van der Waals surface area contributed by atoms with E-state index in [2.05, 4.69) is 16.0 Å². The number of nitrogens with two attached hydrogens (primary N) is 1. The molecule has 142 valence electrons. The predicted molar refractivity (Wildman–Crippen MR) is 85.3 cm³/mol. The molecule has 0 aliphatic carbocycles. The lowest BCUT2D eigenvalue weighted by Gasteiger charge is -2.20. The van der Waals surface area contributed by atoms with Crippen LogP contribution in [0.2, 0.25) is 0 Å². The molecule has 0 saturated heterocycles. The molecular weight excluding hydrogens is 336 g/mol. The van der Waals surface area contributed by atoms with Gasteiger partial charge in [-0.25, -0.2) is 0 Å². The molecule has 0 fully saturated rings. The third kappa shape index (κ3) is 8.65. The molecule has 0 saturated carbocycles. The van der Waals surface area contributed by atoms with Crippen molar-refractivity contribution >= 4 is 29.7 Å². The van der Waals surface area contributed by atoms with Crippen molar-refractivity contribution in [1.82, 2.24) is 16.0 Å². The highest BCUT2D eigenvalue weighted by molar-refractivity contribution is 5.93. The van der Waals surface area contributed by atoms with E-state index in [1.54, 1.807) is 0 Å². The third-order valence-electron chi connectivity index (χ3n) is 3.24. The van der Waals surface area contributed by atoms with Crippen molar-refractivity contribution in [3.8, 4) is 0 Å². The second-order valence-electron chi connectivity index (χ2n) is 5.57. The van der Waals surface area contributed by atoms with Crippen LogP contribution in [0, 0.1) is 0 Å². The van der Waals surface area contributed by atoms with Gasteiger partial charge in [0.25, 0.3) is 0 Å². The Bertz CT molecular complexity index is 537. The molecule has 0 spiro atoms. The van der Waals surface area contributed by atoms with Crippen LogP contribution in [-0.2, 0) is 24.0 Å². The van der Waals surface area contributed by atoms with Crippen LogP contribution < -0.4 is 21.7 Å². The Hall–Kier alpha value is -2.69. The zero-order valence-corrected chi connectivity index (χ0v) is 14.2. The van der Waals surface area contributed by atoms with Crippen LogP contribution >= 0.6 is 0 Å². The molecule has 25 heavy (non-hydrogen) atoms. The monoisotopic (exact) mass is 360 g/mol. The van der Waals surface area contributed by atoms with Gasteiger partial charge in [-0.2, -0.15) is 0 Å². The number of amides is 3. The Morgan fingerprint density at radius 1 is 0.800 bits per heavy atom. The van der Waals surface area contributed by atoms with Crippen molar-refractivity contribution in [2.24, 2.45) is 5.73 Å². The van der Waals surface area contributed by atoms with E-state index in [-0.39, 0.29) is 12.8 Å². The maximum Gasteiger partial charge on any atom is 0.325 e. The maximum absolute atomic E-state index is 11.9. The number of hydrogen-bond donors (Lipinski definition) is 6. The molecule has 0 heterocycles. The normalized spacial score (nSPS) is 15.2. The van der Waals surface area contributed by atoms with E-state index in [1.165, 1.54) is 20.8 Å². The summed E-state index contributed by atoms with van der Waals surface area (Å²) in [6, 6.07) is -4.23. The quantitative estimate of drug-likeness (QED) is 0.252. The van der Waals surface area contributed by atoms with Crippen molar-refractivity contribution in [3.05, 3.63) is 0 Å². The Morgan fingerprint density at radius 2 is 1.20 bits per heavy atom. The number of carboxylic acids is 2. The standard InChI is InChI=1S/C14H24N4O7/c1-6(12(22)18-8(3)14(24)25)16-11(21)7(2)17-13(23)9(15)4-5-10(19)20/h6-9H,4-5,15H2,1-3H3,(H,16,21)(H,17,23)(H,18,22)(H,19,20)(H,24,25)/t6-,7-,8-,9-/m0/s1. The van der Waals surface area contributed by atoms with Crippen molar-refractivity contribution in [3.63, 3.8) is 0 Å². The molecule has 11 nitrogen and oxygen atoms in total. The molecule has 3 amide bonds. The summed E-state index contributed by atoms with van der Waals surface area (Å²) in [5, 5.41) is 24.1. The summed E-state index contributed by atoms with van der Waals surface area (Å²) in [5.74, 6) is -4.38. The van der Waals surface area contributed by atoms with Crippen LogP contribution in [0.5, 0.6) is 0 Å². The van der Waals surface area contributed by atoms with Gasteiger partial charge in [0.15, 0.2) is 0 Å². The minimum atomic E-state index is -1.22. The Kier molecular flexibility index (Phi) is 9.13. The fourth-order valence-electron chi connectivity index (χ4n) is 1.60. The average Bonchev–Trinajstić information content (AvgIpc) is 2.51. The SMILES string of the molecule is C[C@H](NC(=O)[C@H](C)NC(=O)[C@H](C)NC(=O)[C@@H](N)CCC(=O)O)C(=O)O. The molecule has 7 N–H and O–H groups in total. The zero-order chi connectivity index (χ0) is 19.7. The van der Waals surface area contributed by atoms with Gasteiger partial charge >= 0.3 is 11.9 Å². The fraction of sp³-hybridized carbons (Fsp3) is 0.643. The van der Waals surface area contributed by atoms with Crippen LogP contribution in [0.1, 0.15) is 33.6 Å². The molecule has 0 bridgehead atoms. The first-order valence-corrected chi connectivity index (χ1v) is 7.57. The van der Waals surface area contributed by atoms with E-state index in [4.69, 9.17) is 15.9 Å². The van der Waals surface area contributed by atoms with E-state index >= 15 is 0 Å². The molecule has 0 aliphatic heterocycles. The van der Waals surface area contributed by atoms with E-state index in [0.29, 0.717) is 0 Å². The number of hydrogen-bond acceptors (Lipinski definition) is 6. The Morgan fingerprint density at radius 3 is 1.60 bits per heavy atom. The second kappa shape index (κ2) is 10.2. The molecular formula is C14H24N4O7. The number of rotatable bonds is 10. The van der Waals surface area contributed by atoms with Gasteiger partial charge in [-0.3, -0.25) is 24.0 Å². The molecule has 0 radical (unpaired) electrons. The lowest BCUT2D eigenvalue weighted by molar-refractivity contribution is -0.141. The van der Waals surface area contributed by atoms with Crippen LogP contribution in [0.25, 0.3) is 0 Å². The molecule has 0 aromatic rings. The summed E-state index contributed by atoms with van der Waals surface area (Å²) in [6.45, 7) is 3.99. The van der Waals surface area contributed by atoms with E-state index in [0.717, 1.165) is 0 Å². The van der Waals surface area contributed by atoms with Crippen LogP contribution in [0.15, 0.2) is 0 Å². The average molecular weight is 360 g/mol. The first-order valence-electron chi connectivity index (χ1n) is 7.57. The fourth-order valence-corrected chi connectivity index (χ4v) is 1.60. The van der Waals surface area contributed by atoms with Gasteiger partial charge in [0.1, 0.15) is 18.1 Å². The lowest BCUT2D eigenvalue weighted by atomic mass is 10.1. The number of carboxylic acid groups (broad SMARTS) is 2. The molecule has 0 unspecified atom stereocenters. The van der Waals surface area contributed by atoms with Gasteiger partial charge in [-0.1, -0.05) is 0 Å². The predicted octanol–water partition coefficient (Wildman–Crippen LogP) is -2.22. The van der Waals surface area contributed by atoms with Crippen LogP contribution in [0.3, 0.4) is 0 Å². The maximum atomic E-state index is 11.9. The minimum Gasteiger partial charge on any atom is -0.481 e. The molecule has 0 aliphatic rings. The Labute approximate surface area is 144 Å². The van der Waals surface area contributed by atoms with E-state index < -0.39 is 53.8 Å². The van der Waals surface area contributed by atoms with Gasteiger partial charge < -0.3 is 31.9 Å². The van der Waals surface area contributed by atoms with Gasteiger partial charge in [0.05, 0.1) is 6.04 Å². The smallest absolute Gasteiger partial charge is 0.325 e. The van der Waals surface area contributed by atoms with E-state index in [9.17, 15) is 24.0 Å². The minimum absolute atomic E-state index is 0.0820. The summed E-state index contributed by atoms with van der Waals surface area (Å²) in [6.07, 6.45) is -0.366. The summed E-state index contributed by atoms with van der Waals surface area (Å²) in [4.78, 5) is 56.5. The lowest BCUT2D eigenvalue weighted by Crippen LogP contribution is -2.55. The van der Waals surface area contributed by atoms with Gasteiger partial charge in [-0.15, -0.1) is 0 Å². The van der Waals surface area contributed by atoms with Crippen molar-refractivity contribution in [2.45, 2.75) is 57.8 Å². The highest BCUT2D eigenvalue weighted by Gasteiger charge is 2.24. The van der Waals surface area contributed by atoms with Crippen molar-refractivity contribution in [1.29, 1.82) is 0 Å². The summed E-state index contributed by atoms with van der Waals surface area (Å²) in [5.41, 5.74) is 5.52. The first kappa shape index (κ1) is 22.3. The number of nitrogens with one attached hydrogen (secondary N) is 3. The number of carbonyl (C=O) groups excluding carboxylic acids is 3. The third-order valence-corrected chi connectivity index (χ3v) is 3.24. The topological polar surface area (TPSA) is 188 Å². The van der Waals surface area contributed by atoms with Crippen molar-refractivity contribution < 1.29 is 34.2 Å². The molecule has 0 rings (SSSR count). The molecule has 11 heteroatoms. The first-order chi connectivity index (χ1) is 11.5. The largest absolute Gasteiger partial charge is 0.481 e. The zero-order valence-electron chi connectivity index (χ0n) is 14.2.